The molecule has 0 saturated carbocycles. The van der Waals surface area contributed by atoms with E-state index in [-0.39, 0.29) is 12.1 Å². The quantitative estimate of drug-likeness (QED) is 0.187. The maximum atomic E-state index is 11.9. The predicted octanol–water partition coefficient (Wildman–Crippen LogP) is 6.44. The number of nitrogens with zero attached hydrogens (tertiary/aromatic N) is 1. The molecule has 0 aliphatic carbocycles. The first-order valence-corrected chi connectivity index (χ1v) is 11.4. The highest BCUT2D eigenvalue weighted by atomic mass is 16.5. The fraction of sp³-hybridized carbons (Fsp3) is 0.792. The fourth-order valence-electron chi connectivity index (χ4n) is 3.54. The zero-order chi connectivity index (χ0) is 19.6. The van der Waals surface area contributed by atoms with Gasteiger partial charge in [-0.05, 0) is 65.0 Å². The molecule has 0 amide bonds. The topological polar surface area (TPSA) is 29.5 Å². The average Bonchev–Trinajstić information content (AvgIpc) is 2.65. The predicted molar refractivity (Wildman–Crippen MR) is 116 cm³/mol. The van der Waals surface area contributed by atoms with E-state index in [1.807, 2.05) is 0 Å². The summed E-state index contributed by atoms with van der Waals surface area (Å²) in [4.78, 5) is 14.1. The molecule has 1 atom stereocenters. The summed E-state index contributed by atoms with van der Waals surface area (Å²) in [5.41, 5.74) is 0. The lowest BCUT2D eigenvalue weighted by Crippen LogP contribution is -2.38. The standard InChI is InChI=1S/C24H43NO2/c1-3-4-5-6-7-8-9-10-11-12-13-14-15-16-17-20-24(26)27-23-19-18-21-25(2)22-23/h7-8,10-11,23H,3-6,9,12-22H2,1-2H3/b8-7-,11-10-. The van der Waals surface area contributed by atoms with Crippen LogP contribution >= 0.6 is 0 Å². The van der Waals surface area contributed by atoms with Gasteiger partial charge in [-0.1, -0.05) is 63.3 Å². The van der Waals surface area contributed by atoms with Gasteiger partial charge in [-0.15, -0.1) is 0 Å². The maximum absolute atomic E-state index is 11.9. The van der Waals surface area contributed by atoms with E-state index >= 15 is 0 Å². The largest absolute Gasteiger partial charge is 0.461 e. The molecule has 1 saturated heterocycles. The molecule has 156 valence electrons. The van der Waals surface area contributed by atoms with Crippen LogP contribution in [-0.4, -0.2) is 37.1 Å². The van der Waals surface area contributed by atoms with Crippen molar-refractivity contribution in [3.8, 4) is 0 Å². The van der Waals surface area contributed by atoms with Crippen LogP contribution in [0.1, 0.15) is 96.8 Å². The summed E-state index contributed by atoms with van der Waals surface area (Å²) in [5, 5.41) is 0. The lowest BCUT2D eigenvalue weighted by Gasteiger charge is -2.29. The van der Waals surface area contributed by atoms with Crippen LogP contribution in [0.5, 0.6) is 0 Å². The van der Waals surface area contributed by atoms with E-state index in [4.69, 9.17) is 4.74 Å². The minimum Gasteiger partial charge on any atom is -0.461 e. The molecule has 0 N–H and O–H groups in total. The Bertz CT molecular complexity index is 417. The Labute approximate surface area is 168 Å². The third-order valence-electron chi connectivity index (χ3n) is 5.21. The monoisotopic (exact) mass is 377 g/mol. The number of unbranched alkanes of at least 4 members (excludes halogenated alkanes) is 8. The van der Waals surface area contributed by atoms with Gasteiger partial charge in [-0.25, -0.2) is 0 Å². The Morgan fingerprint density at radius 3 is 2.33 bits per heavy atom. The van der Waals surface area contributed by atoms with E-state index in [1.54, 1.807) is 0 Å². The normalized spacial score (nSPS) is 18.5. The zero-order valence-corrected chi connectivity index (χ0v) is 18.0. The van der Waals surface area contributed by atoms with Crippen LogP contribution in [-0.2, 0) is 9.53 Å². The molecule has 0 bridgehead atoms. The van der Waals surface area contributed by atoms with Crippen LogP contribution in [0.3, 0.4) is 0 Å². The fourth-order valence-corrected chi connectivity index (χ4v) is 3.54. The van der Waals surface area contributed by atoms with Crippen molar-refractivity contribution >= 4 is 5.97 Å². The summed E-state index contributed by atoms with van der Waals surface area (Å²) >= 11 is 0. The molecule has 0 aromatic carbocycles. The molecule has 0 aromatic heterocycles. The summed E-state index contributed by atoms with van der Waals surface area (Å²) in [7, 11) is 2.10. The third-order valence-corrected chi connectivity index (χ3v) is 5.21. The highest BCUT2D eigenvalue weighted by molar-refractivity contribution is 5.69. The summed E-state index contributed by atoms with van der Waals surface area (Å²) in [6.45, 7) is 4.27. The van der Waals surface area contributed by atoms with Gasteiger partial charge in [0.1, 0.15) is 6.10 Å². The number of allylic oxidation sites excluding steroid dienone is 4. The number of hydrogen-bond acceptors (Lipinski definition) is 3. The minimum absolute atomic E-state index is 0.000909. The van der Waals surface area contributed by atoms with E-state index in [0.717, 1.165) is 45.2 Å². The van der Waals surface area contributed by atoms with Crippen LogP contribution in [0.15, 0.2) is 24.3 Å². The summed E-state index contributed by atoms with van der Waals surface area (Å²) < 4.78 is 5.59. The Kier molecular flexibility index (Phi) is 15.1. The molecule has 1 unspecified atom stereocenters. The molecule has 0 spiro atoms. The van der Waals surface area contributed by atoms with Gasteiger partial charge in [-0.2, -0.15) is 0 Å². The maximum Gasteiger partial charge on any atom is 0.306 e. The third kappa shape index (κ3) is 14.6. The molecule has 1 heterocycles. The number of carbonyl (C=O) groups excluding carboxylic acids is 1. The SMILES string of the molecule is CCCCC/C=C\C/C=C\CCCCCCCC(=O)OC1CCCN(C)C1. The highest BCUT2D eigenvalue weighted by Crippen LogP contribution is 2.14. The van der Waals surface area contributed by atoms with Gasteiger partial charge >= 0.3 is 5.97 Å². The Morgan fingerprint density at radius 1 is 0.963 bits per heavy atom. The minimum atomic E-state index is 0.000909. The first-order valence-electron chi connectivity index (χ1n) is 11.4. The number of esters is 1. The Balaban J connectivity index is 1.85. The average molecular weight is 378 g/mol. The number of likely N-dealkylation sites (N-methyl/N-ethyl adjacent to an activating group) is 1. The van der Waals surface area contributed by atoms with Gasteiger partial charge in [0.15, 0.2) is 0 Å². The van der Waals surface area contributed by atoms with Crippen molar-refractivity contribution < 1.29 is 9.53 Å². The molecule has 3 nitrogen and oxygen atoms in total. The summed E-state index contributed by atoms with van der Waals surface area (Å²) in [5.74, 6) is 0.000909. The molecule has 1 aliphatic heterocycles. The summed E-state index contributed by atoms with van der Waals surface area (Å²) in [6, 6.07) is 0. The number of ether oxygens (including phenoxy) is 1. The van der Waals surface area contributed by atoms with E-state index < -0.39 is 0 Å². The number of hydrogen-bond donors (Lipinski definition) is 0. The van der Waals surface area contributed by atoms with Crippen LogP contribution < -0.4 is 0 Å². The van der Waals surface area contributed by atoms with Crippen molar-refractivity contribution in [1.82, 2.24) is 4.90 Å². The molecule has 0 radical (unpaired) electrons. The first kappa shape index (κ1) is 23.9. The van der Waals surface area contributed by atoms with Crippen molar-refractivity contribution in [3.05, 3.63) is 24.3 Å². The molecule has 27 heavy (non-hydrogen) atoms. The lowest BCUT2D eigenvalue weighted by atomic mass is 10.1. The van der Waals surface area contributed by atoms with Gasteiger partial charge in [0.2, 0.25) is 0 Å². The molecule has 1 aliphatic rings. The summed E-state index contributed by atoms with van der Waals surface area (Å²) in [6.07, 6.45) is 25.4. The van der Waals surface area contributed by atoms with Crippen LogP contribution in [0.25, 0.3) is 0 Å². The van der Waals surface area contributed by atoms with Crippen LogP contribution in [0.4, 0.5) is 0 Å². The molecule has 0 aromatic rings. The molecule has 1 rings (SSSR count). The van der Waals surface area contributed by atoms with Gasteiger partial charge in [0.05, 0.1) is 0 Å². The first-order chi connectivity index (χ1) is 13.2. The van der Waals surface area contributed by atoms with Gasteiger partial charge in [0, 0.05) is 13.0 Å². The number of rotatable bonds is 15. The second-order valence-electron chi connectivity index (χ2n) is 8.00. The van der Waals surface area contributed by atoms with E-state index in [0.29, 0.717) is 6.42 Å². The van der Waals surface area contributed by atoms with Crippen molar-refractivity contribution in [3.63, 3.8) is 0 Å². The second kappa shape index (κ2) is 17.0. The van der Waals surface area contributed by atoms with Crippen LogP contribution in [0, 0.1) is 0 Å². The van der Waals surface area contributed by atoms with Crippen molar-refractivity contribution in [1.29, 1.82) is 0 Å². The molecular weight excluding hydrogens is 334 g/mol. The Morgan fingerprint density at radius 2 is 1.63 bits per heavy atom. The molecular formula is C24H43NO2. The van der Waals surface area contributed by atoms with Crippen molar-refractivity contribution in [2.24, 2.45) is 0 Å². The number of carbonyl (C=O) groups is 1. The Hall–Kier alpha value is -1.09. The van der Waals surface area contributed by atoms with E-state index in [1.165, 1.54) is 51.4 Å². The highest BCUT2D eigenvalue weighted by Gasteiger charge is 2.20. The van der Waals surface area contributed by atoms with Gasteiger partial charge in [-0.3, -0.25) is 4.79 Å². The molecule has 1 fully saturated rings. The number of piperidine rings is 1. The van der Waals surface area contributed by atoms with Gasteiger partial charge < -0.3 is 9.64 Å². The number of likely N-dealkylation sites (tertiary alicyclic amines) is 1. The van der Waals surface area contributed by atoms with Crippen LogP contribution in [0.2, 0.25) is 0 Å². The lowest BCUT2D eigenvalue weighted by molar-refractivity contribution is -0.151. The smallest absolute Gasteiger partial charge is 0.306 e. The van der Waals surface area contributed by atoms with E-state index in [9.17, 15) is 4.79 Å². The van der Waals surface area contributed by atoms with E-state index in [2.05, 4.69) is 43.2 Å². The van der Waals surface area contributed by atoms with Crippen molar-refractivity contribution in [2.45, 2.75) is 103 Å². The molecule has 3 heteroatoms. The second-order valence-corrected chi connectivity index (χ2v) is 8.00. The zero-order valence-electron chi connectivity index (χ0n) is 18.0. The van der Waals surface area contributed by atoms with Gasteiger partial charge in [0.25, 0.3) is 0 Å². The van der Waals surface area contributed by atoms with Crippen molar-refractivity contribution in [2.75, 3.05) is 20.1 Å².